The van der Waals surface area contributed by atoms with Crippen LogP contribution in [0.15, 0.2) is 78.9 Å². The number of benzene rings is 4. The molecule has 1 heteroatoms. The van der Waals surface area contributed by atoms with E-state index in [4.69, 9.17) is 0 Å². The van der Waals surface area contributed by atoms with E-state index in [0.717, 1.165) is 41.3 Å². The van der Waals surface area contributed by atoms with Gasteiger partial charge in [-0.2, -0.15) is 0 Å². The molecule has 0 N–H and O–H groups in total. The molecule has 0 aromatic heterocycles. The summed E-state index contributed by atoms with van der Waals surface area (Å²) >= 11 is 0. The topological polar surface area (TPSA) is 0 Å². The Labute approximate surface area is 178 Å². The average molecular weight is 393 g/mol. The molecular weight excluding hydrogens is 367 g/mol. The minimum atomic E-state index is -0.255. The summed E-state index contributed by atoms with van der Waals surface area (Å²) in [5, 5.41) is 1.50. The Balaban J connectivity index is 1.63. The molecule has 0 radical (unpaired) electrons. The van der Waals surface area contributed by atoms with Gasteiger partial charge in [-0.1, -0.05) is 86.7 Å². The van der Waals surface area contributed by atoms with E-state index in [1.54, 1.807) is 6.07 Å². The fourth-order valence-electron chi connectivity index (χ4n) is 3.68. The Bertz CT molecular complexity index is 1220. The third-order valence-corrected chi connectivity index (χ3v) is 5.48. The lowest BCUT2D eigenvalue weighted by atomic mass is 9.98. The fraction of sp³-hybridized carbons (Fsp3) is 0.172. The van der Waals surface area contributed by atoms with E-state index < -0.39 is 0 Å². The van der Waals surface area contributed by atoms with Crippen LogP contribution in [0.4, 0.5) is 4.39 Å². The SMILES string of the molecule is CCCc1ccc(-c2ccc3c(F)c(C#Cc4ccc(CC)cc4)ccc3c2)cc1. The van der Waals surface area contributed by atoms with Gasteiger partial charge in [0.05, 0.1) is 5.56 Å². The maximum Gasteiger partial charge on any atom is 0.146 e. The molecule has 0 fully saturated rings. The molecule has 4 rings (SSSR count). The number of rotatable bonds is 4. The van der Waals surface area contributed by atoms with E-state index in [2.05, 4.69) is 62.1 Å². The Hall–Kier alpha value is -3.37. The van der Waals surface area contributed by atoms with Gasteiger partial charge in [0, 0.05) is 10.9 Å². The normalized spacial score (nSPS) is 10.6. The number of hydrogen-bond donors (Lipinski definition) is 0. The van der Waals surface area contributed by atoms with E-state index in [9.17, 15) is 0 Å². The molecule has 0 saturated carbocycles. The molecule has 0 bridgehead atoms. The molecular formula is C29H25F. The van der Waals surface area contributed by atoms with E-state index in [1.807, 2.05) is 36.4 Å². The molecule has 0 heterocycles. The molecule has 4 aromatic carbocycles. The molecule has 0 amide bonds. The smallest absolute Gasteiger partial charge is 0.146 e. The summed E-state index contributed by atoms with van der Waals surface area (Å²) in [5.41, 5.74) is 6.19. The minimum Gasteiger partial charge on any atom is -0.205 e. The van der Waals surface area contributed by atoms with E-state index in [-0.39, 0.29) is 5.82 Å². The molecule has 0 aliphatic carbocycles. The van der Waals surface area contributed by atoms with Crippen molar-refractivity contribution in [2.75, 3.05) is 0 Å². The van der Waals surface area contributed by atoms with Crippen molar-refractivity contribution < 1.29 is 4.39 Å². The Morgan fingerprint density at radius 3 is 2.10 bits per heavy atom. The van der Waals surface area contributed by atoms with Gasteiger partial charge >= 0.3 is 0 Å². The number of aryl methyl sites for hydroxylation is 2. The number of fused-ring (bicyclic) bond motifs is 1. The Morgan fingerprint density at radius 1 is 0.700 bits per heavy atom. The summed E-state index contributed by atoms with van der Waals surface area (Å²) in [7, 11) is 0. The maximum atomic E-state index is 15.1. The maximum absolute atomic E-state index is 15.1. The molecule has 0 aliphatic rings. The van der Waals surface area contributed by atoms with Crippen molar-refractivity contribution in [3.8, 4) is 23.0 Å². The lowest BCUT2D eigenvalue weighted by Crippen LogP contribution is -1.88. The van der Waals surface area contributed by atoms with Crippen LogP contribution in [0, 0.1) is 17.7 Å². The van der Waals surface area contributed by atoms with Crippen LogP contribution in [0.5, 0.6) is 0 Å². The predicted octanol–water partition coefficient (Wildman–Crippen LogP) is 7.56. The minimum absolute atomic E-state index is 0.255. The van der Waals surface area contributed by atoms with Crippen molar-refractivity contribution in [3.05, 3.63) is 107 Å². The largest absolute Gasteiger partial charge is 0.205 e. The second-order valence-corrected chi connectivity index (χ2v) is 7.61. The molecule has 0 unspecified atom stereocenters. The zero-order chi connectivity index (χ0) is 20.9. The van der Waals surface area contributed by atoms with Gasteiger partial charge in [0.15, 0.2) is 0 Å². The van der Waals surface area contributed by atoms with Crippen molar-refractivity contribution in [1.82, 2.24) is 0 Å². The monoisotopic (exact) mass is 392 g/mol. The van der Waals surface area contributed by atoms with Crippen molar-refractivity contribution >= 4 is 10.8 Å². The summed E-state index contributed by atoms with van der Waals surface area (Å²) in [4.78, 5) is 0. The van der Waals surface area contributed by atoms with Crippen molar-refractivity contribution in [1.29, 1.82) is 0 Å². The molecule has 0 atom stereocenters. The van der Waals surface area contributed by atoms with Gasteiger partial charge in [0.25, 0.3) is 0 Å². The van der Waals surface area contributed by atoms with Gasteiger partial charge in [-0.3, -0.25) is 0 Å². The number of hydrogen-bond acceptors (Lipinski definition) is 0. The molecule has 4 aromatic rings. The van der Waals surface area contributed by atoms with Crippen molar-refractivity contribution in [3.63, 3.8) is 0 Å². The second-order valence-electron chi connectivity index (χ2n) is 7.61. The summed E-state index contributed by atoms with van der Waals surface area (Å²) in [6.07, 6.45) is 3.23. The standard InChI is InChI=1S/C29H25F/c1-3-5-22-10-13-24(14-11-22)26-18-19-28-27(20-26)17-16-25(29(28)30)15-12-23-8-6-21(4-2)7-9-23/h6-11,13-14,16-20H,3-5H2,1-2H3. The van der Waals surface area contributed by atoms with Crippen LogP contribution in [0.1, 0.15) is 42.5 Å². The molecule has 0 nitrogen and oxygen atoms in total. The molecule has 148 valence electrons. The summed E-state index contributed by atoms with van der Waals surface area (Å²) < 4.78 is 15.1. The molecule has 0 spiro atoms. The van der Waals surface area contributed by atoms with Gasteiger partial charge in [-0.05, 0) is 64.7 Å². The molecule has 0 saturated heterocycles. The highest BCUT2D eigenvalue weighted by atomic mass is 19.1. The van der Waals surface area contributed by atoms with Crippen LogP contribution in [0.25, 0.3) is 21.9 Å². The van der Waals surface area contributed by atoms with Crippen LogP contribution >= 0.6 is 0 Å². The van der Waals surface area contributed by atoms with Crippen LogP contribution < -0.4 is 0 Å². The Morgan fingerprint density at radius 2 is 1.40 bits per heavy atom. The van der Waals surface area contributed by atoms with E-state index in [0.29, 0.717) is 10.9 Å². The zero-order valence-corrected chi connectivity index (χ0v) is 17.5. The molecule has 30 heavy (non-hydrogen) atoms. The van der Waals surface area contributed by atoms with Gasteiger partial charge in [0.2, 0.25) is 0 Å². The fourth-order valence-corrected chi connectivity index (χ4v) is 3.68. The van der Waals surface area contributed by atoms with E-state index >= 15 is 4.39 Å². The lowest BCUT2D eigenvalue weighted by molar-refractivity contribution is 0.636. The average Bonchev–Trinajstić information content (AvgIpc) is 2.79. The summed E-state index contributed by atoms with van der Waals surface area (Å²) in [6.45, 7) is 4.31. The van der Waals surface area contributed by atoms with Crippen LogP contribution in [0.2, 0.25) is 0 Å². The highest BCUT2D eigenvalue weighted by Gasteiger charge is 2.07. The van der Waals surface area contributed by atoms with Crippen molar-refractivity contribution in [2.24, 2.45) is 0 Å². The first-order chi connectivity index (χ1) is 14.7. The Kier molecular flexibility index (Phi) is 5.96. The van der Waals surface area contributed by atoms with Gasteiger partial charge in [-0.15, -0.1) is 0 Å². The third-order valence-electron chi connectivity index (χ3n) is 5.48. The quantitative estimate of drug-likeness (QED) is 0.314. The van der Waals surface area contributed by atoms with E-state index in [1.165, 1.54) is 11.1 Å². The lowest BCUT2D eigenvalue weighted by Gasteiger charge is -2.07. The van der Waals surface area contributed by atoms with Gasteiger partial charge < -0.3 is 0 Å². The van der Waals surface area contributed by atoms with Crippen molar-refractivity contribution in [2.45, 2.75) is 33.1 Å². The van der Waals surface area contributed by atoms with Crippen LogP contribution in [-0.4, -0.2) is 0 Å². The number of halogens is 1. The molecule has 0 aliphatic heterocycles. The summed E-state index contributed by atoms with van der Waals surface area (Å²) in [6, 6.07) is 26.4. The first-order valence-corrected chi connectivity index (χ1v) is 10.6. The second kappa shape index (κ2) is 8.97. The van der Waals surface area contributed by atoms with Gasteiger partial charge in [0.1, 0.15) is 5.82 Å². The predicted molar refractivity (Wildman–Crippen MR) is 125 cm³/mol. The third kappa shape index (κ3) is 4.29. The first kappa shape index (κ1) is 19.9. The first-order valence-electron chi connectivity index (χ1n) is 10.6. The highest BCUT2D eigenvalue weighted by Crippen LogP contribution is 2.27. The highest BCUT2D eigenvalue weighted by molar-refractivity contribution is 5.89. The van der Waals surface area contributed by atoms with Crippen LogP contribution in [0.3, 0.4) is 0 Å². The van der Waals surface area contributed by atoms with Gasteiger partial charge in [-0.25, -0.2) is 4.39 Å². The summed E-state index contributed by atoms with van der Waals surface area (Å²) in [5.74, 6) is 5.82. The zero-order valence-electron chi connectivity index (χ0n) is 17.5. The van der Waals surface area contributed by atoms with Crippen LogP contribution in [-0.2, 0) is 12.8 Å².